The SMILES string of the molecule is COc1cc(N2CCN(C)CC2)ccc1C(C)(C)C. The monoisotopic (exact) mass is 262 g/mol. The molecule has 0 unspecified atom stereocenters. The third-order valence-corrected chi connectivity index (χ3v) is 3.86. The zero-order chi connectivity index (χ0) is 14.0. The highest BCUT2D eigenvalue weighted by molar-refractivity contribution is 5.55. The first kappa shape index (κ1) is 14.2. The fourth-order valence-corrected chi connectivity index (χ4v) is 2.56. The minimum Gasteiger partial charge on any atom is -0.496 e. The molecule has 0 amide bonds. The molecule has 0 radical (unpaired) electrons. The van der Waals surface area contributed by atoms with Gasteiger partial charge in [-0.1, -0.05) is 26.8 Å². The zero-order valence-electron chi connectivity index (χ0n) is 12.9. The molecular weight excluding hydrogens is 236 g/mol. The summed E-state index contributed by atoms with van der Waals surface area (Å²) in [5.74, 6) is 1.00. The van der Waals surface area contributed by atoms with Crippen LogP contribution in [0.5, 0.6) is 5.75 Å². The van der Waals surface area contributed by atoms with E-state index >= 15 is 0 Å². The van der Waals surface area contributed by atoms with Gasteiger partial charge in [0.15, 0.2) is 0 Å². The number of rotatable bonds is 2. The maximum absolute atomic E-state index is 5.59. The van der Waals surface area contributed by atoms with Gasteiger partial charge in [0, 0.05) is 37.9 Å². The van der Waals surface area contributed by atoms with E-state index in [0.717, 1.165) is 31.9 Å². The highest BCUT2D eigenvalue weighted by Gasteiger charge is 2.21. The summed E-state index contributed by atoms with van der Waals surface area (Å²) in [6.45, 7) is 11.1. The first-order valence-corrected chi connectivity index (χ1v) is 7.04. The topological polar surface area (TPSA) is 15.7 Å². The van der Waals surface area contributed by atoms with E-state index < -0.39 is 0 Å². The standard InChI is InChI=1S/C16H26N2O/c1-16(2,3)14-7-6-13(12-15(14)19-5)18-10-8-17(4)9-11-18/h6-7,12H,8-11H2,1-5H3. The van der Waals surface area contributed by atoms with Crippen molar-refractivity contribution in [3.8, 4) is 5.75 Å². The van der Waals surface area contributed by atoms with Crippen LogP contribution in [0, 0.1) is 0 Å². The van der Waals surface area contributed by atoms with Gasteiger partial charge in [0.1, 0.15) is 5.75 Å². The van der Waals surface area contributed by atoms with Gasteiger partial charge in [0.05, 0.1) is 7.11 Å². The second-order valence-electron chi connectivity index (χ2n) is 6.42. The first-order chi connectivity index (χ1) is 8.91. The lowest BCUT2D eigenvalue weighted by molar-refractivity contribution is 0.312. The predicted octanol–water partition coefficient (Wildman–Crippen LogP) is 2.74. The molecule has 3 nitrogen and oxygen atoms in total. The number of nitrogens with zero attached hydrogens (tertiary/aromatic N) is 2. The van der Waals surface area contributed by atoms with Crippen molar-refractivity contribution in [1.29, 1.82) is 0 Å². The molecule has 1 aromatic carbocycles. The van der Waals surface area contributed by atoms with Crippen LogP contribution in [-0.2, 0) is 5.41 Å². The number of methoxy groups -OCH3 is 1. The number of piperazine rings is 1. The van der Waals surface area contributed by atoms with Gasteiger partial charge in [0.25, 0.3) is 0 Å². The van der Waals surface area contributed by atoms with E-state index in [2.05, 4.69) is 55.8 Å². The molecule has 1 heterocycles. The molecule has 1 fully saturated rings. The molecule has 1 aliphatic rings. The van der Waals surface area contributed by atoms with Crippen LogP contribution in [0.3, 0.4) is 0 Å². The zero-order valence-corrected chi connectivity index (χ0v) is 12.9. The smallest absolute Gasteiger partial charge is 0.124 e. The molecule has 19 heavy (non-hydrogen) atoms. The number of likely N-dealkylation sites (N-methyl/N-ethyl adjacent to an activating group) is 1. The summed E-state index contributed by atoms with van der Waals surface area (Å²) in [5.41, 5.74) is 2.66. The molecule has 0 N–H and O–H groups in total. The van der Waals surface area contributed by atoms with Crippen molar-refractivity contribution in [3.05, 3.63) is 23.8 Å². The van der Waals surface area contributed by atoms with Crippen molar-refractivity contribution < 1.29 is 4.74 Å². The summed E-state index contributed by atoms with van der Waals surface area (Å²) < 4.78 is 5.59. The second kappa shape index (κ2) is 5.41. The minimum absolute atomic E-state index is 0.117. The van der Waals surface area contributed by atoms with Gasteiger partial charge in [-0.25, -0.2) is 0 Å². The van der Waals surface area contributed by atoms with Gasteiger partial charge in [-0.3, -0.25) is 0 Å². The van der Waals surface area contributed by atoms with Crippen molar-refractivity contribution in [2.45, 2.75) is 26.2 Å². The Labute approximate surface area is 117 Å². The molecule has 1 saturated heterocycles. The quantitative estimate of drug-likeness (QED) is 0.815. The van der Waals surface area contributed by atoms with Crippen molar-refractivity contribution >= 4 is 5.69 Å². The van der Waals surface area contributed by atoms with Crippen molar-refractivity contribution in [3.63, 3.8) is 0 Å². The van der Waals surface area contributed by atoms with Crippen molar-refractivity contribution in [1.82, 2.24) is 4.90 Å². The van der Waals surface area contributed by atoms with Gasteiger partial charge < -0.3 is 14.5 Å². The second-order valence-corrected chi connectivity index (χ2v) is 6.42. The Balaban J connectivity index is 2.24. The molecule has 106 valence electrons. The van der Waals surface area contributed by atoms with Crippen LogP contribution in [0.4, 0.5) is 5.69 Å². The first-order valence-electron chi connectivity index (χ1n) is 7.04. The molecule has 0 spiro atoms. The number of ether oxygens (including phenoxy) is 1. The summed E-state index contributed by atoms with van der Waals surface area (Å²) in [7, 11) is 3.94. The molecular formula is C16H26N2O. The summed E-state index contributed by atoms with van der Waals surface area (Å²) in [5, 5.41) is 0. The lowest BCUT2D eigenvalue weighted by Gasteiger charge is -2.34. The molecule has 3 heteroatoms. The number of anilines is 1. The van der Waals surface area contributed by atoms with E-state index in [-0.39, 0.29) is 5.41 Å². The Morgan fingerprint density at radius 2 is 1.68 bits per heavy atom. The van der Waals surface area contributed by atoms with Gasteiger partial charge in [-0.2, -0.15) is 0 Å². The molecule has 0 aliphatic carbocycles. The fraction of sp³-hybridized carbons (Fsp3) is 0.625. The van der Waals surface area contributed by atoms with Gasteiger partial charge in [0.2, 0.25) is 0 Å². The average molecular weight is 262 g/mol. The highest BCUT2D eigenvalue weighted by Crippen LogP contribution is 2.34. The van der Waals surface area contributed by atoms with Crippen LogP contribution in [0.15, 0.2) is 18.2 Å². The average Bonchev–Trinajstić information content (AvgIpc) is 2.38. The predicted molar refractivity (Wildman–Crippen MR) is 81.4 cm³/mol. The van der Waals surface area contributed by atoms with Crippen molar-refractivity contribution in [2.75, 3.05) is 45.2 Å². The molecule has 1 aromatic rings. The van der Waals surface area contributed by atoms with Crippen LogP contribution < -0.4 is 9.64 Å². The van der Waals surface area contributed by atoms with E-state index in [0.29, 0.717) is 0 Å². The Hall–Kier alpha value is -1.22. The third-order valence-electron chi connectivity index (χ3n) is 3.86. The molecule has 0 atom stereocenters. The van der Waals surface area contributed by atoms with Crippen LogP contribution in [0.25, 0.3) is 0 Å². The Kier molecular flexibility index (Phi) is 4.04. The molecule has 0 saturated carbocycles. The number of benzene rings is 1. The van der Waals surface area contributed by atoms with Gasteiger partial charge in [-0.15, -0.1) is 0 Å². The van der Waals surface area contributed by atoms with E-state index in [1.165, 1.54) is 11.3 Å². The number of hydrogen-bond acceptors (Lipinski definition) is 3. The van der Waals surface area contributed by atoms with Crippen LogP contribution in [0.1, 0.15) is 26.3 Å². The summed E-state index contributed by atoms with van der Waals surface area (Å²) in [6, 6.07) is 6.63. The van der Waals surface area contributed by atoms with Crippen LogP contribution in [-0.4, -0.2) is 45.2 Å². The molecule has 0 aromatic heterocycles. The largest absolute Gasteiger partial charge is 0.496 e. The Morgan fingerprint density at radius 1 is 1.05 bits per heavy atom. The maximum Gasteiger partial charge on any atom is 0.124 e. The van der Waals surface area contributed by atoms with E-state index in [4.69, 9.17) is 4.74 Å². The fourth-order valence-electron chi connectivity index (χ4n) is 2.56. The molecule has 2 rings (SSSR count). The normalized spacial score (nSPS) is 17.6. The van der Waals surface area contributed by atoms with Crippen LogP contribution in [0.2, 0.25) is 0 Å². The van der Waals surface area contributed by atoms with Crippen molar-refractivity contribution in [2.24, 2.45) is 0 Å². The van der Waals surface area contributed by atoms with E-state index in [9.17, 15) is 0 Å². The Bertz CT molecular complexity index is 429. The van der Waals surface area contributed by atoms with Gasteiger partial charge >= 0.3 is 0 Å². The maximum atomic E-state index is 5.59. The lowest BCUT2D eigenvalue weighted by atomic mass is 9.86. The number of hydrogen-bond donors (Lipinski definition) is 0. The van der Waals surface area contributed by atoms with E-state index in [1.54, 1.807) is 7.11 Å². The molecule has 0 bridgehead atoms. The van der Waals surface area contributed by atoms with Gasteiger partial charge in [-0.05, 0) is 24.1 Å². The van der Waals surface area contributed by atoms with Crippen LogP contribution >= 0.6 is 0 Å². The Morgan fingerprint density at radius 3 is 2.21 bits per heavy atom. The summed E-state index contributed by atoms with van der Waals surface area (Å²) in [4.78, 5) is 4.81. The summed E-state index contributed by atoms with van der Waals surface area (Å²) >= 11 is 0. The summed E-state index contributed by atoms with van der Waals surface area (Å²) in [6.07, 6.45) is 0. The van der Waals surface area contributed by atoms with E-state index in [1.807, 2.05) is 0 Å². The molecule has 1 aliphatic heterocycles. The third kappa shape index (κ3) is 3.21. The highest BCUT2D eigenvalue weighted by atomic mass is 16.5. The minimum atomic E-state index is 0.117. The lowest BCUT2D eigenvalue weighted by Crippen LogP contribution is -2.44.